The van der Waals surface area contributed by atoms with Gasteiger partial charge >= 0.3 is 0 Å². The summed E-state index contributed by atoms with van der Waals surface area (Å²) in [4.78, 5) is 0. The Balaban J connectivity index is 0.00000220. The molecule has 2 N–H and O–H groups in total. The Labute approximate surface area is 140 Å². The van der Waals surface area contributed by atoms with Crippen LogP contribution in [-0.4, -0.2) is 17.3 Å². The fraction of sp³-hybridized carbons (Fsp3) is 0.333. The fourth-order valence-corrected chi connectivity index (χ4v) is 2.23. The highest BCUT2D eigenvalue weighted by atomic mass is 35.5. The van der Waals surface area contributed by atoms with Crippen LogP contribution in [0.1, 0.15) is 19.6 Å². The second kappa shape index (κ2) is 7.52. The van der Waals surface area contributed by atoms with Crippen LogP contribution in [0.5, 0.6) is 0 Å². The lowest BCUT2D eigenvalue weighted by atomic mass is 10.1. The van der Waals surface area contributed by atoms with Gasteiger partial charge in [-0.25, -0.2) is 0 Å². The topological polar surface area (TPSA) is 45.4 Å². The number of halogens is 3. The third-order valence-corrected chi connectivity index (χ3v) is 3.38. The molecule has 0 spiro atoms. The van der Waals surface area contributed by atoms with Gasteiger partial charge in [-0.15, -0.1) is 0 Å². The maximum absolute atomic E-state index is 9.19. The van der Waals surface area contributed by atoms with Crippen LogP contribution in [0.2, 0.25) is 10.0 Å². The molecule has 0 aliphatic carbocycles. The monoisotopic (exact) mass is 348 g/mol. The van der Waals surface area contributed by atoms with Gasteiger partial charge in [-0.1, -0.05) is 23.2 Å². The summed E-state index contributed by atoms with van der Waals surface area (Å²) in [5.74, 6) is 1.51. The summed E-state index contributed by atoms with van der Waals surface area (Å²) in [6, 6.07) is 9.07. The Hall–Kier alpha value is -0.710. The number of hydrogen-bond donors (Lipinski definition) is 2. The van der Waals surface area contributed by atoms with E-state index in [4.69, 9.17) is 27.6 Å². The third-order valence-electron chi connectivity index (χ3n) is 2.95. The van der Waals surface area contributed by atoms with Crippen molar-refractivity contribution in [3.05, 3.63) is 46.1 Å². The third kappa shape index (κ3) is 5.20. The van der Waals surface area contributed by atoms with Crippen molar-refractivity contribution in [3.8, 4) is 11.3 Å². The molecule has 0 saturated carbocycles. The van der Waals surface area contributed by atoms with Crippen molar-refractivity contribution in [2.45, 2.75) is 25.9 Å². The van der Waals surface area contributed by atoms with Gasteiger partial charge in [0.15, 0.2) is 0 Å². The summed E-state index contributed by atoms with van der Waals surface area (Å²) in [6.07, 6.45) is 0. The summed E-state index contributed by atoms with van der Waals surface area (Å²) in [6.45, 7) is 4.45. The highest BCUT2D eigenvalue weighted by Gasteiger charge is 2.16. The first-order chi connectivity index (χ1) is 9.39. The second-order valence-corrected chi connectivity index (χ2v) is 6.19. The van der Waals surface area contributed by atoms with Gasteiger partial charge in [-0.05, 0) is 44.2 Å². The summed E-state index contributed by atoms with van der Waals surface area (Å²) < 4.78 is 5.76. The van der Waals surface area contributed by atoms with Gasteiger partial charge in [0.2, 0.25) is 0 Å². The van der Waals surface area contributed by atoms with Crippen LogP contribution in [-0.2, 0) is 6.54 Å². The van der Waals surface area contributed by atoms with Crippen molar-refractivity contribution >= 4 is 23.2 Å². The Bertz CT molecular complexity index is 576. The van der Waals surface area contributed by atoms with E-state index < -0.39 is 0 Å². The Kier molecular flexibility index (Phi) is 6.57. The van der Waals surface area contributed by atoms with E-state index >= 15 is 0 Å². The molecule has 2 rings (SSSR count). The number of furan rings is 1. The van der Waals surface area contributed by atoms with Gasteiger partial charge in [0, 0.05) is 21.1 Å². The number of nitrogens with one attached hydrogen (secondary N) is 1. The first kappa shape index (κ1) is 18.3. The van der Waals surface area contributed by atoms with Gasteiger partial charge in [0.05, 0.1) is 13.2 Å². The zero-order valence-electron chi connectivity index (χ0n) is 11.8. The van der Waals surface area contributed by atoms with Gasteiger partial charge in [-0.2, -0.15) is 0 Å². The Morgan fingerprint density at radius 3 is 2.33 bits per heavy atom. The van der Waals surface area contributed by atoms with Crippen molar-refractivity contribution in [1.82, 2.24) is 5.32 Å². The molecular weight excluding hydrogens is 333 g/mol. The van der Waals surface area contributed by atoms with Gasteiger partial charge in [-0.3, -0.25) is 0 Å². The second-order valence-electron chi connectivity index (χ2n) is 5.32. The number of rotatable bonds is 5. The highest BCUT2D eigenvalue weighted by Crippen LogP contribution is 2.28. The van der Waals surface area contributed by atoms with Gasteiger partial charge in [0.1, 0.15) is 11.5 Å². The van der Waals surface area contributed by atoms with E-state index in [9.17, 15) is 5.11 Å². The zero-order valence-corrected chi connectivity index (χ0v) is 14.1. The molecule has 3 nitrogen and oxygen atoms in total. The van der Waals surface area contributed by atoms with Crippen LogP contribution in [0.25, 0.3) is 11.3 Å². The predicted molar refractivity (Wildman–Crippen MR) is 82.2 cm³/mol. The molecule has 1 aromatic carbocycles. The largest absolute Gasteiger partial charge is 1.00 e. The van der Waals surface area contributed by atoms with Crippen LogP contribution < -0.4 is 17.7 Å². The zero-order chi connectivity index (χ0) is 14.8. The molecule has 0 fully saturated rings. The van der Waals surface area contributed by atoms with Crippen molar-refractivity contribution in [1.29, 1.82) is 0 Å². The minimum atomic E-state index is -0.341. The Morgan fingerprint density at radius 2 is 1.76 bits per heavy atom. The van der Waals surface area contributed by atoms with Gasteiger partial charge in [0.25, 0.3) is 0 Å². The average Bonchev–Trinajstić information content (AvgIpc) is 2.84. The molecule has 0 radical (unpaired) electrons. The molecule has 116 valence electrons. The Morgan fingerprint density at radius 1 is 1.14 bits per heavy atom. The molecule has 0 aliphatic heterocycles. The van der Waals surface area contributed by atoms with E-state index in [2.05, 4.69) is 5.32 Å². The predicted octanol–water partition coefficient (Wildman–Crippen LogP) is 1.12. The van der Waals surface area contributed by atoms with Crippen LogP contribution in [0.15, 0.2) is 34.7 Å². The van der Waals surface area contributed by atoms with Gasteiger partial charge < -0.3 is 27.2 Å². The molecule has 2 aromatic rings. The molecule has 1 aromatic heterocycles. The first-order valence-corrected chi connectivity index (χ1v) is 7.06. The van der Waals surface area contributed by atoms with E-state index in [1.165, 1.54) is 0 Å². The first-order valence-electron chi connectivity index (χ1n) is 6.31. The SMILES string of the molecule is CC(C)(CO)NCc1ccc(-c2cc(Cl)cc(Cl)c2)o1.[Cl-]. The maximum Gasteiger partial charge on any atom is 0.134 e. The number of benzene rings is 1. The molecule has 0 bridgehead atoms. The van der Waals surface area contributed by atoms with E-state index in [0.29, 0.717) is 22.4 Å². The molecule has 0 atom stereocenters. The molecular formula is C15H17Cl3NO2-. The summed E-state index contributed by atoms with van der Waals surface area (Å²) in [5, 5.41) is 13.6. The van der Waals surface area contributed by atoms with E-state index in [1.807, 2.05) is 26.0 Å². The lowest BCUT2D eigenvalue weighted by Crippen LogP contribution is -3.00. The quantitative estimate of drug-likeness (QED) is 0.850. The molecule has 21 heavy (non-hydrogen) atoms. The standard InChI is InChI=1S/C15H17Cl2NO2.ClH/c1-15(2,9-19)18-8-13-3-4-14(20-13)10-5-11(16)7-12(17)6-10;/h3-7,18-19H,8-9H2,1-2H3;1H/p-1. The average molecular weight is 350 g/mol. The smallest absolute Gasteiger partial charge is 0.134 e. The van der Waals surface area contributed by atoms with Crippen LogP contribution >= 0.6 is 23.2 Å². The molecule has 1 heterocycles. The molecule has 6 heteroatoms. The van der Waals surface area contributed by atoms with Crippen molar-refractivity contribution in [2.24, 2.45) is 0 Å². The van der Waals surface area contributed by atoms with E-state index in [1.54, 1.807) is 18.2 Å². The minimum Gasteiger partial charge on any atom is -1.00 e. The van der Waals surface area contributed by atoms with E-state index in [-0.39, 0.29) is 24.6 Å². The fourth-order valence-electron chi connectivity index (χ4n) is 1.71. The molecule has 0 aliphatic rings. The lowest BCUT2D eigenvalue weighted by Gasteiger charge is -2.22. The molecule has 0 saturated heterocycles. The summed E-state index contributed by atoms with van der Waals surface area (Å²) in [7, 11) is 0. The highest BCUT2D eigenvalue weighted by molar-refractivity contribution is 6.35. The summed E-state index contributed by atoms with van der Waals surface area (Å²) in [5.41, 5.74) is 0.502. The van der Waals surface area contributed by atoms with Crippen LogP contribution in [0, 0.1) is 0 Å². The molecule has 0 amide bonds. The normalized spacial score (nSPS) is 11.3. The van der Waals surface area contributed by atoms with Crippen molar-refractivity contribution in [2.75, 3.05) is 6.61 Å². The lowest BCUT2D eigenvalue weighted by molar-refractivity contribution is -0.00000547. The molecule has 0 unspecified atom stereocenters. The maximum atomic E-state index is 9.19. The minimum absolute atomic E-state index is 0. The van der Waals surface area contributed by atoms with E-state index in [0.717, 1.165) is 11.3 Å². The number of hydrogen-bond acceptors (Lipinski definition) is 3. The number of aliphatic hydroxyl groups excluding tert-OH is 1. The van der Waals surface area contributed by atoms with Crippen LogP contribution in [0.3, 0.4) is 0 Å². The number of aliphatic hydroxyl groups is 1. The van der Waals surface area contributed by atoms with Crippen molar-refractivity contribution < 1.29 is 21.9 Å². The van der Waals surface area contributed by atoms with Crippen LogP contribution in [0.4, 0.5) is 0 Å². The summed E-state index contributed by atoms with van der Waals surface area (Å²) >= 11 is 12.0. The van der Waals surface area contributed by atoms with Crippen molar-refractivity contribution in [3.63, 3.8) is 0 Å².